The highest BCUT2D eigenvalue weighted by Gasteiger charge is 2.22. The predicted molar refractivity (Wildman–Crippen MR) is 62.0 cm³/mol. The quantitative estimate of drug-likeness (QED) is 0.514. The average Bonchev–Trinajstić information content (AvgIpc) is 2.12. The van der Waals surface area contributed by atoms with Gasteiger partial charge >= 0.3 is 5.69 Å². The number of hydrogen-bond donors (Lipinski definition) is 1. The van der Waals surface area contributed by atoms with Gasteiger partial charge in [0.15, 0.2) is 0 Å². The van der Waals surface area contributed by atoms with Gasteiger partial charge in [0, 0.05) is 6.54 Å². The number of aromatic nitrogens is 2. The molecule has 0 amide bonds. The normalized spacial score (nSPS) is 10.6. The SMILES string of the molecule is CC(C)CNc1nc(Cl)c([N+](=O)[O-])c(Cl)n1. The second kappa shape index (κ2) is 5.27. The topological polar surface area (TPSA) is 81.0 Å². The molecular weight excluding hydrogens is 255 g/mol. The third-order valence-electron chi connectivity index (χ3n) is 1.65. The predicted octanol–water partition coefficient (Wildman–Crippen LogP) is 2.76. The summed E-state index contributed by atoms with van der Waals surface area (Å²) < 4.78 is 0. The molecule has 6 nitrogen and oxygen atoms in total. The van der Waals surface area contributed by atoms with Crippen molar-refractivity contribution in [2.24, 2.45) is 5.92 Å². The van der Waals surface area contributed by atoms with E-state index in [9.17, 15) is 10.1 Å². The van der Waals surface area contributed by atoms with Crippen LogP contribution in [0.25, 0.3) is 0 Å². The lowest BCUT2D eigenvalue weighted by molar-refractivity contribution is -0.385. The van der Waals surface area contributed by atoms with Crippen LogP contribution in [0.1, 0.15) is 13.8 Å². The number of halogens is 2. The van der Waals surface area contributed by atoms with Crippen molar-refractivity contribution >= 4 is 34.8 Å². The summed E-state index contributed by atoms with van der Waals surface area (Å²) in [5, 5.41) is 12.9. The minimum Gasteiger partial charge on any atom is -0.354 e. The molecule has 1 aromatic rings. The van der Waals surface area contributed by atoms with Crippen molar-refractivity contribution in [3.8, 4) is 0 Å². The fourth-order valence-corrected chi connectivity index (χ4v) is 1.45. The van der Waals surface area contributed by atoms with Crippen LogP contribution < -0.4 is 5.32 Å². The minimum atomic E-state index is -0.711. The number of nitrogens with one attached hydrogen (secondary N) is 1. The number of nitrogens with zero attached hydrogens (tertiary/aromatic N) is 3. The number of rotatable bonds is 4. The van der Waals surface area contributed by atoms with Crippen molar-refractivity contribution in [1.82, 2.24) is 9.97 Å². The van der Waals surface area contributed by atoms with E-state index < -0.39 is 10.6 Å². The molecule has 1 aromatic heterocycles. The molecule has 16 heavy (non-hydrogen) atoms. The van der Waals surface area contributed by atoms with Crippen LogP contribution in [0.2, 0.25) is 10.3 Å². The van der Waals surface area contributed by atoms with E-state index in [-0.39, 0.29) is 16.3 Å². The Kier molecular flexibility index (Phi) is 4.26. The van der Waals surface area contributed by atoms with Crippen LogP contribution in [-0.4, -0.2) is 21.4 Å². The molecular formula is C8H10Cl2N4O2. The molecule has 1 rings (SSSR count). The Bertz CT molecular complexity index is 388. The smallest absolute Gasteiger partial charge is 0.343 e. The lowest BCUT2D eigenvalue weighted by Gasteiger charge is -2.07. The fraction of sp³-hybridized carbons (Fsp3) is 0.500. The Labute approximate surface area is 102 Å². The zero-order valence-electron chi connectivity index (χ0n) is 8.70. The zero-order valence-corrected chi connectivity index (χ0v) is 10.2. The van der Waals surface area contributed by atoms with Crippen LogP contribution in [0, 0.1) is 16.0 Å². The molecule has 88 valence electrons. The van der Waals surface area contributed by atoms with E-state index in [0.717, 1.165) is 0 Å². The lowest BCUT2D eigenvalue weighted by Crippen LogP contribution is -2.11. The van der Waals surface area contributed by atoms with Gasteiger partial charge in [-0.2, -0.15) is 9.97 Å². The number of nitro groups is 1. The molecule has 0 atom stereocenters. The van der Waals surface area contributed by atoms with Gasteiger partial charge in [-0.25, -0.2) is 0 Å². The highest BCUT2D eigenvalue weighted by Crippen LogP contribution is 2.30. The molecule has 1 heterocycles. The van der Waals surface area contributed by atoms with Gasteiger partial charge in [-0.1, -0.05) is 37.0 Å². The minimum absolute atomic E-state index is 0.189. The maximum atomic E-state index is 10.6. The first-order chi connectivity index (χ1) is 7.41. The van der Waals surface area contributed by atoms with E-state index in [1.54, 1.807) is 0 Å². The average molecular weight is 265 g/mol. The van der Waals surface area contributed by atoms with E-state index >= 15 is 0 Å². The molecule has 0 unspecified atom stereocenters. The van der Waals surface area contributed by atoms with E-state index in [0.29, 0.717) is 12.5 Å². The maximum Gasteiger partial charge on any atom is 0.343 e. The molecule has 0 aliphatic carbocycles. The molecule has 0 saturated heterocycles. The van der Waals surface area contributed by atoms with E-state index in [1.165, 1.54) is 0 Å². The Morgan fingerprint density at radius 3 is 2.25 bits per heavy atom. The van der Waals surface area contributed by atoms with Crippen molar-refractivity contribution < 1.29 is 4.92 Å². The number of anilines is 1. The van der Waals surface area contributed by atoms with Crippen molar-refractivity contribution in [1.29, 1.82) is 0 Å². The monoisotopic (exact) mass is 264 g/mol. The van der Waals surface area contributed by atoms with Crippen LogP contribution in [0.3, 0.4) is 0 Å². The van der Waals surface area contributed by atoms with Gasteiger partial charge in [0.05, 0.1) is 4.92 Å². The fourth-order valence-electron chi connectivity index (χ4n) is 0.927. The highest BCUT2D eigenvalue weighted by atomic mass is 35.5. The van der Waals surface area contributed by atoms with Crippen LogP contribution >= 0.6 is 23.2 Å². The second-order valence-electron chi connectivity index (χ2n) is 3.51. The molecule has 0 spiro atoms. The molecule has 0 aliphatic heterocycles. The molecule has 0 aliphatic rings. The third kappa shape index (κ3) is 3.18. The van der Waals surface area contributed by atoms with Gasteiger partial charge in [0.25, 0.3) is 0 Å². The summed E-state index contributed by atoms with van der Waals surface area (Å²) in [4.78, 5) is 17.3. The second-order valence-corrected chi connectivity index (χ2v) is 4.23. The summed E-state index contributed by atoms with van der Waals surface area (Å²) in [6.07, 6.45) is 0. The first kappa shape index (κ1) is 12.9. The molecule has 0 bridgehead atoms. The van der Waals surface area contributed by atoms with Crippen molar-refractivity contribution in [2.75, 3.05) is 11.9 Å². The van der Waals surface area contributed by atoms with E-state index in [4.69, 9.17) is 23.2 Å². The molecule has 0 fully saturated rings. The Balaban J connectivity index is 2.96. The Hall–Kier alpha value is -1.14. The Morgan fingerprint density at radius 2 is 1.88 bits per heavy atom. The van der Waals surface area contributed by atoms with Gasteiger partial charge in [-0.15, -0.1) is 0 Å². The molecule has 8 heteroatoms. The van der Waals surface area contributed by atoms with Crippen LogP contribution in [0.15, 0.2) is 0 Å². The van der Waals surface area contributed by atoms with Crippen molar-refractivity contribution in [3.05, 3.63) is 20.4 Å². The lowest BCUT2D eigenvalue weighted by atomic mass is 10.2. The van der Waals surface area contributed by atoms with Gasteiger partial charge in [0.1, 0.15) is 0 Å². The highest BCUT2D eigenvalue weighted by molar-refractivity contribution is 6.36. The zero-order chi connectivity index (χ0) is 12.3. The maximum absolute atomic E-state index is 10.6. The van der Waals surface area contributed by atoms with Crippen LogP contribution in [0.5, 0.6) is 0 Å². The summed E-state index contributed by atoms with van der Waals surface area (Å²) >= 11 is 11.3. The first-order valence-electron chi connectivity index (χ1n) is 4.53. The van der Waals surface area contributed by atoms with Gasteiger partial charge < -0.3 is 5.32 Å². The van der Waals surface area contributed by atoms with E-state index in [2.05, 4.69) is 15.3 Å². The van der Waals surface area contributed by atoms with E-state index in [1.807, 2.05) is 13.8 Å². The number of hydrogen-bond acceptors (Lipinski definition) is 5. The molecule has 0 aromatic carbocycles. The van der Waals surface area contributed by atoms with Gasteiger partial charge in [-0.3, -0.25) is 10.1 Å². The summed E-state index contributed by atoms with van der Waals surface area (Å²) in [6.45, 7) is 4.63. The molecule has 0 saturated carbocycles. The summed E-state index contributed by atoms with van der Waals surface area (Å²) in [5.74, 6) is 0.575. The largest absolute Gasteiger partial charge is 0.354 e. The van der Waals surface area contributed by atoms with Crippen LogP contribution in [0.4, 0.5) is 11.6 Å². The summed E-state index contributed by atoms with van der Waals surface area (Å²) in [5.41, 5.74) is -0.474. The van der Waals surface area contributed by atoms with Gasteiger partial charge in [0.2, 0.25) is 16.3 Å². The van der Waals surface area contributed by atoms with Crippen molar-refractivity contribution in [2.45, 2.75) is 13.8 Å². The van der Waals surface area contributed by atoms with Gasteiger partial charge in [-0.05, 0) is 5.92 Å². The third-order valence-corrected chi connectivity index (χ3v) is 2.18. The van der Waals surface area contributed by atoms with Crippen LogP contribution in [-0.2, 0) is 0 Å². The van der Waals surface area contributed by atoms with Crippen molar-refractivity contribution in [3.63, 3.8) is 0 Å². The summed E-state index contributed by atoms with van der Waals surface area (Å²) in [6, 6.07) is 0. The first-order valence-corrected chi connectivity index (χ1v) is 5.28. The standard InChI is InChI=1S/C8H10Cl2N4O2/c1-4(2)3-11-8-12-6(9)5(14(15)16)7(10)13-8/h4H,3H2,1-2H3,(H,11,12,13). The Morgan fingerprint density at radius 1 is 1.38 bits per heavy atom. The molecule has 0 radical (unpaired) electrons. The molecule has 1 N–H and O–H groups in total. The summed E-state index contributed by atoms with van der Waals surface area (Å²) in [7, 11) is 0.